The molecule has 0 aliphatic rings. The Morgan fingerprint density at radius 2 is 1.79 bits per heavy atom. The zero-order chi connectivity index (χ0) is 14.0. The highest BCUT2D eigenvalue weighted by Crippen LogP contribution is 2.29. The molecule has 0 saturated carbocycles. The van der Waals surface area contributed by atoms with Gasteiger partial charge in [-0.05, 0) is 49.2 Å². The number of aryl methyl sites for hydroxylation is 2. The van der Waals surface area contributed by atoms with Crippen molar-refractivity contribution in [1.29, 1.82) is 0 Å². The van der Waals surface area contributed by atoms with E-state index in [2.05, 4.69) is 4.98 Å². The van der Waals surface area contributed by atoms with Crippen LogP contribution in [0.5, 0.6) is 11.6 Å². The molecule has 0 atom stereocenters. The third-order valence-electron chi connectivity index (χ3n) is 2.41. The molecular formula is C13H12ClNO3S. The molecule has 1 aromatic heterocycles. The molecule has 0 unspecified atom stereocenters. The van der Waals surface area contributed by atoms with E-state index < -0.39 is 9.05 Å². The highest BCUT2D eigenvalue weighted by Gasteiger charge is 2.18. The van der Waals surface area contributed by atoms with Crippen molar-refractivity contribution >= 4 is 19.7 Å². The predicted molar refractivity (Wildman–Crippen MR) is 73.3 cm³/mol. The maximum absolute atomic E-state index is 11.4. The molecule has 19 heavy (non-hydrogen) atoms. The second kappa shape index (κ2) is 5.19. The minimum Gasteiger partial charge on any atom is -0.438 e. The molecule has 1 aromatic carbocycles. The van der Waals surface area contributed by atoms with Crippen LogP contribution in [0.15, 0.2) is 41.4 Å². The second-order valence-corrected chi connectivity index (χ2v) is 6.70. The van der Waals surface area contributed by atoms with Crippen LogP contribution >= 0.6 is 10.7 Å². The van der Waals surface area contributed by atoms with Crippen molar-refractivity contribution in [1.82, 2.24) is 4.98 Å². The fourth-order valence-corrected chi connectivity index (χ4v) is 2.64. The lowest BCUT2D eigenvalue weighted by atomic mass is 10.1. The Hall–Kier alpha value is -1.59. The van der Waals surface area contributed by atoms with E-state index in [1.54, 1.807) is 12.1 Å². The molecule has 0 N–H and O–H groups in total. The highest BCUT2D eigenvalue weighted by atomic mass is 35.7. The van der Waals surface area contributed by atoms with Crippen molar-refractivity contribution in [2.45, 2.75) is 18.7 Å². The van der Waals surface area contributed by atoms with Crippen molar-refractivity contribution in [2.24, 2.45) is 0 Å². The standard InChI is InChI=1S/C13H12ClNO3S/c1-9-6-10(2)8-11(7-9)18-13-12(19(14,16)17)4-3-5-15-13/h3-8H,1-2H3. The van der Waals surface area contributed by atoms with E-state index in [-0.39, 0.29) is 10.8 Å². The molecule has 0 bridgehead atoms. The second-order valence-electron chi connectivity index (χ2n) is 4.17. The molecule has 0 radical (unpaired) electrons. The summed E-state index contributed by atoms with van der Waals surface area (Å²) < 4.78 is 28.4. The summed E-state index contributed by atoms with van der Waals surface area (Å²) in [6, 6.07) is 8.43. The third-order valence-corrected chi connectivity index (χ3v) is 3.74. The van der Waals surface area contributed by atoms with Crippen molar-refractivity contribution in [3.63, 3.8) is 0 Å². The van der Waals surface area contributed by atoms with Gasteiger partial charge < -0.3 is 4.74 Å². The van der Waals surface area contributed by atoms with Crippen LogP contribution in [0.1, 0.15) is 11.1 Å². The maximum atomic E-state index is 11.4. The Morgan fingerprint density at radius 3 is 2.37 bits per heavy atom. The van der Waals surface area contributed by atoms with Crippen molar-refractivity contribution in [3.05, 3.63) is 47.7 Å². The first-order valence-corrected chi connectivity index (χ1v) is 7.83. The van der Waals surface area contributed by atoms with Gasteiger partial charge in [-0.2, -0.15) is 0 Å². The summed E-state index contributed by atoms with van der Waals surface area (Å²) in [6.45, 7) is 3.86. The molecule has 0 aliphatic carbocycles. The van der Waals surface area contributed by atoms with E-state index in [0.29, 0.717) is 5.75 Å². The Morgan fingerprint density at radius 1 is 1.16 bits per heavy atom. The number of halogens is 1. The van der Waals surface area contributed by atoms with Crippen LogP contribution < -0.4 is 4.74 Å². The lowest BCUT2D eigenvalue weighted by Gasteiger charge is -2.09. The lowest BCUT2D eigenvalue weighted by molar-refractivity contribution is 0.447. The molecule has 0 fully saturated rings. The minimum absolute atomic E-state index is 0.0255. The molecule has 1 heterocycles. The van der Waals surface area contributed by atoms with Gasteiger partial charge in [-0.15, -0.1) is 0 Å². The third kappa shape index (κ3) is 3.45. The Balaban J connectivity index is 2.44. The van der Waals surface area contributed by atoms with Crippen LogP contribution in [-0.2, 0) is 9.05 Å². The van der Waals surface area contributed by atoms with Crippen molar-refractivity contribution in [2.75, 3.05) is 0 Å². The van der Waals surface area contributed by atoms with Gasteiger partial charge in [0, 0.05) is 16.9 Å². The lowest BCUT2D eigenvalue weighted by Crippen LogP contribution is -1.98. The largest absolute Gasteiger partial charge is 0.438 e. The molecule has 0 aliphatic heterocycles. The summed E-state index contributed by atoms with van der Waals surface area (Å²) in [4.78, 5) is 3.77. The molecule has 2 aromatic rings. The van der Waals surface area contributed by atoms with Gasteiger partial charge in [0.1, 0.15) is 10.6 Å². The van der Waals surface area contributed by atoms with E-state index in [1.807, 2.05) is 19.9 Å². The molecule has 0 saturated heterocycles. The topological polar surface area (TPSA) is 56.3 Å². The van der Waals surface area contributed by atoms with Gasteiger partial charge in [-0.3, -0.25) is 0 Å². The smallest absolute Gasteiger partial charge is 0.266 e. The number of hydrogen-bond acceptors (Lipinski definition) is 4. The summed E-state index contributed by atoms with van der Waals surface area (Å²) in [5.74, 6) is 0.500. The Bertz CT molecular complexity index is 693. The number of hydrogen-bond donors (Lipinski definition) is 0. The zero-order valence-corrected chi connectivity index (χ0v) is 12.0. The average molecular weight is 298 g/mol. The van der Waals surface area contributed by atoms with Crippen LogP contribution in [0.3, 0.4) is 0 Å². The first-order chi connectivity index (χ1) is 8.86. The molecular weight excluding hydrogens is 286 g/mol. The molecule has 6 heteroatoms. The average Bonchev–Trinajstić information content (AvgIpc) is 2.26. The number of benzene rings is 1. The molecule has 0 amide bonds. The minimum atomic E-state index is -3.89. The van der Waals surface area contributed by atoms with E-state index in [1.165, 1.54) is 18.3 Å². The highest BCUT2D eigenvalue weighted by molar-refractivity contribution is 8.13. The fourth-order valence-electron chi connectivity index (χ4n) is 1.74. The Labute approximate surface area is 116 Å². The van der Waals surface area contributed by atoms with Crippen LogP contribution in [0.4, 0.5) is 0 Å². The van der Waals surface area contributed by atoms with Gasteiger partial charge in [-0.1, -0.05) is 6.07 Å². The number of nitrogens with zero attached hydrogens (tertiary/aromatic N) is 1. The quantitative estimate of drug-likeness (QED) is 0.815. The van der Waals surface area contributed by atoms with E-state index in [0.717, 1.165) is 11.1 Å². The van der Waals surface area contributed by atoms with Crippen LogP contribution in [0.2, 0.25) is 0 Å². The van der Waals surface area contributed by atoms with Gasteiger partial charge in [0.2, 0.25) is 5.88 Å². The van der Waals surface area contributed by atoms with Crippen molar-refractivity contribution < 1.29 is 13.2 Å². The Kier molecular flexibility index (Phi) is 3.78. The molecule has 4 nitrogen and oxygen atoms in total. The SMILES string of the molecule is Cc1cc(C)cc(Oc2ncccc2S(=O)(=O)Cl)c1. The number of rotatable bonds is 3. The van der Waals surface area contributed by atoms with Crippen LogP contribution in [-0.4, -0.2) is 13.4 Å². The summed E-state index contributed by atoms with van der Waals surface area (Å²) in [5.41, 5.74) is 2.03. The number of pyridine rings is 1. The van der Waals surface area contributed by atoms with Gasteiger partial charge in [0.15, 0.2) is 0 Å². The first kappa shape index (κ1) is 13.8. The number of ether oxygens (including phenoxy) is 1. The van der Waals surface area contributed by atoms with Crippen LogP contribution in [0, 0.1) is 13.8 Å². The van der Waals surface area contributed by atoms with Gasteiger partial charge in [0.25, 0.3) is 9.05 Å². The van der Waals surface area contributed by atoms with Gasteiger partial charge in [0.05, 0.1) is 0 Å². The van der Waals surface area contributed by atoms with Crippen LogP contribution in [0.25, 0.3) is 0 Å². The van der Waals surface area contributed by atoms with E-state index >= 15 is 0 Å². The van der Waals surface area contributed by atoms with Gasteiger partial charge >= 0.3 is 0 Å². The van der Waals surface area contributed by atoms with Gasteiger partial charge in [-0.25, -0.2) is 13.4 Å². The van der Waals surface area contributed by atoms with Crippen molar-refractivity contribution in [3.8, 4) is 11.6 Å². The van der Waals surface area contributed by atoms with E-state index in [4.69, 9.17) is 15.4 Å². The molecule has 0 spiro atoms. The molecule has 2 rings (SSSR count). The zero-order valence-electron chi connectivity index (χ0n) is 10.4. The normalized spacial score (nSPS) is 11.3. The predicted octanol–water partition coefficient (Wildman–Crippen LogP) is 3.42. The summed E-state index contributed by atoms with van der Waals surface area (Å²) >= 11 is 0. The fraction of sp³-hybridized carbons (Fsp3) is 0.154. The van der Waals surface area contributed by atoms with E-state index in [9.17, 15) is 8.42 Å². The summed E-state index contributed by atoms with van der Waals surface area (Å²) in [5, 5.41) is 0. The summed E-state index contributed by atoms with van der Waals surface area (Å²) in [6.07, 6.45) is 1.45. The maximum Gasteiger partial charge on any atom is 0.266 e. The first-order valence-electron chi connectivity index (χ1n) is 5.52. The number of aromatic nitrogens is 1. The summed E-state index contributed by atoms with van der Waals surface area (Å²) in [7, 11) is 1.46. The molecule has 100 valence electrons. The monoisotopic (exact) mass is 297 g/mol.